The van der Waals surface area contributed by atoms with E-state index in [1.54, 1.807) is 12.1 Å². The van der Waals surface area contributed by atoms with Crippen LogP contribution in [0.15, 0.2) is 24.3 Å². The van der Waals surface area contributed by atoms with Gasteiger partial charge in [0.05, 0.1) is 5.56 Å². The van der Waals surface area contributed by atoms with Gasteiger partial charge in [0, 0.05) is 24.8 Å². The Hall–Kier alpha value is -1.23. The second-order valence-electron chi connectivity index (χ2n) is 5.56. The molecule has 0 spiro atoms. The number of piperidine rings is 1. The lowest BCUT2D eigenvalue weighted by Crippen LogP contribution is -2.46. The van der Waals surface area contributed by atoms with Crippen LogP contribution in [0.3, 0.4) is 0 Å². The summed E-state index contributed by atoms with van der Waals surface area (Å²) in [6, 6.07) is 6.08. The summed E-state index contributed by atoms with van der Waals surface area (Å²) in [5.41, 5.74) is -0.194. The third-order valence-corrected chi connectivity index (χ3v) is 3.95. The maximum Gasteiger partial charge on any atom is 0.418 e. The van der Waals surface area contributed by atoms with Crippen LogP contribution in [0.5, 0.6) is 0 Å². The van der Waals surface area contributed by atoms with Crippen molar-refractivity contribution in [3.63, 3.8) is 0 Å². The molecule has 2 nitrogen and oxygen atoms in total. The third-order valence-electron chi connectivity index (χ3n) is 3.95. The number of halogens is 3. The van der Waals surface area contributed by atoms with Crippen LogP contribution in [0.25, 0.3) is 0 Å². The van der Waals surface area contributed by atoms with Crippen molar-refractivity contribution in [2.24, 2.45) is 0 Å². The predicted octanol–water partition coefficient (Wildman–Crippen LogP) is 4.06. The number of nitrogens with one attached hydrogen (secondary N) is 1. The second kappa shape index (κ2) is 7.16. The van der Waals surface area contributed by atoms with E-state index in [4.69, 9.17) is 0 Å². The van der Waals surface area contributed by atoms with Gasteiger partial charge in [-0.25, -0.2) is 0 Å². The Balaban J connectivity index is 2.21. The fraction of sp³-hybridized carbons (Fsp3) is 0.625. The van der Waals surface area contributed by atoms with Crippen molar-refractivity contribution >= 4 is 5.69 Å². The highest BCUT2D eigenvalue weighted by atomic mass is 19.4. The number of anilines is 1. The van der Waals surface area contributed by atoms with Crippen LogP contribution in [-0.2, 0) is 6.18 Å². The van der Waals surface area contributed by atoms with Gasteiger partial charge in [0.1, 0.15) is 0 Å². The largest absolute Gasteiger partial charge is 0.418 e. The van der Waals surface area contributed by atoms with Gasteiger partial charge in [0.2, 0.25) is 0 Å². The molecule has 21 heavy (non-hydrogen) atoms. The Labute approximate surface area is 124 Å². The van der Waals surface area contributed by atoms with Crippen LogP contribution >= 0.6 is 0 Å². The van der Waals surface area contributed by atoms with Gasteiger partial charge in [0.15, 0.2) is 0 Å². The minimum Gasteiger partial charge on any atom is -0.367 e. The molecule has 1 fully saturated rings. The number of hydrogen-bond acceptors (Lipinski definition) is 2. The van der Waals surface area contributed by atoms with Crippen LogP contribution in [0, 0.1) is 0 Å². The molecule has 118 valence electrons. The number of para-hydroxylation sites is 1. The number of rotatable bonds is 5. The second-order valence-corrected chi connectivity index (χ2v) is 5.56. The molecule has 0 aliphatic carbocycles. The summed E-state index contributed by atoms with van der Waals surface area (Å²) >= 11 is 0. The highest BCUT2D eigenvalue weighted by molar-refractivity contribution is 5.56. The van der Waals surface area contributed by atoms with Crippen LogP contribution in [0.2, 0.25) is 0 Å². The van der Waals surface area contributed by atoms with Gasteiger partial charge >= 0.3 is 6.18 Å². The SMILES string of the molecule is CCCNCC1CCCCN1c1ccccc1C(F)(F)F. The van der Waals surface area contributed by atoms with E-state index in [1.807, 2.05) is 4.90 Å². The summed E-state index contributed by atoms with van der Waals surface area (Å²) in [4.78, 5) is 1.94. The first-order valence-electron chi connectivity index (χ1n) is 7.67. The summed E-state index contributed by atoms with van der Waals surface area (Å²) in [6.07, 6.45) is -0.274. The first-order chi connectivity index (χ1) is 10.0. The van der Waals surface area contributed by atoms with Gasteiger partial charge in [-0.2, -0.15) is 13.2 Å². The van der Waals surface area contributed by atoms with E-state index in [2.05, 4.69) is 12.2 Å². The van der Waals surface area contributed by atoms with Crippen LogP contribution in [0.4, 0.5) is 18.9 Å². The minimum atomic E-state index is -4.30. The van der Waals surface area contributed by atoms with Gasteiger partial charge in [0.25, 0.3) is 0 Å². The lowest BCUT2D eigenvalue weighted by atomic mass is 9.99. The van der Waals surface area contributed by atoms with Crippen molar-refractivity contribution in [3.05, 3.63) is 29.8 Å². The molecule has 1 aliphatic rings. The zero-order valence-electron chi connectivity index (χ0n) is 12.4. The molecule has 0 aromatic heterocycles. The van der Waals surface area contributed by atoms with Gasteiger partial charge in [-0.1, -0.05) is 19.1 Å². The molecule has 1 unspecified atom stereocenters. The summed E-state index contributed by atoms with van der Waals surface area (Å²) in [6.45, 7) is 4.45. The molecule has 0 bridgehead atoms. The van der Waals surface area contributed by atoms with Gasteiger partial charge < -0.3 is 10.2 Å². The number of benzene rings is 1. The molecule has 0 radical (unpaired) electrons. The molecule has 5 heteroatoms. The molecule has 1 aliphatic heterocycles. The van der Waals surface area contributed by atoms with Crippen molar-refractivity contribution in [1.82, 2.24) is 5.32 Å². The van der Waals surface area contributed by atoms with E-state index in [0.717, 1.165) is 38.8 Å². The summed E-state index contributed by atoms with van der Waals surface area (Å²) in [5.74, 6) is 0. The Kier molecular flexibility index (Phi) is 5.51. The van der Waals surface area contributed by atoms with Crippen LogP contribution in [-0.4, -0.2) is 25.7 Å². The maximum atomic E-state index is 13.2. The lowest BCUT2D eigenvalue weighted by molar-refractivity contribution is -0.137. The maximum absolute atomic E-state index is 13.2. The standard InChI is InChI=1S/C16H23F3N2/c1-2-10-20-12-13-7-5-6-11-21(13)15-9-4-3-8-14(15)16(17,18)19/h3-4,8-9,13,20H,2,5-7,10-12H2,1H3. The highest BCUT2D eigenvalue weighted by Gasteiger charge is 2.36. The zero-order valence-corrected chi connectivity index (χ0v) is 12.4. The van der Waals surface area contributed by atoms with E-state index < -0.39 is 11.7 Å². The van der Waals surface area contributed by atoms with Gasteiger partial charge in [-0.15, -0.1) is 0 Å². The molecule has 2 rings (SSSR count). The average Bonchev–Trinajstić information content (AvgIpc) is 2.47. The Morgan fingerprint density at radius 1 is 1.24 bits per heavy atom. The van der Waals surface area contributed by atoms with Crippen molar-refractivity contribution in [2.75, 3.05) is 24.5 Å². The van der Waals surface area contributed by atoms with E-state index in [-0.39, 0.29) is 6.04 Å². The number of alkyl halides is 3. The van der Waals surface area contributed by atoms with Crippen molar-refractivity contribution in [1.29, 1.82) is 0 Å². The van der Waals surface area contributed by atoms with Crippen LogP contribution < -0.4 is 10.2 Å². The molecule has 1 N–H and O–H groups in total. The topological polar surface area (TPSA) is 15.3 Å². The minimum absolute atomic E-state index is 0.147. The van der Waals surface area contributed by atoms with E-state index in [0.29, 0.717) is 12.2 Å². The van der Waals surface area contributed by atoms with Crippen molar-refractivity contribution in [3.8, 4) is 0 Å². The molecule has 0 saturated carbocycles. The average molecular weight is 300 g/mol. The van der Waals surface area contributed by atoms with Crippen molar-refractivity contribution in [2.45, 2.75) is 44.8 Å². The monoisotopic (exact) mass is 300 g/mol. The summed E-state index contributed by atoms with van der Waals surface area (Å²) in [5, 5.41) is 3.34. The zero-order chi connectivity index (χ0) is 15.3. The molecule has 1 atom stereocenters. The van der Waals surface area contributed by atoms with E-state index >= 15 is 0 Å². The Bertz CT molecular complexity index is 445. The Morgan fingerprint density at radius 3 is 2.71 bits per heavy atom. The molecule has 1 aromatic carbocycles. The van der Waals surface area contributed by atoms with Gasteiger partial charge in [-0.3, -0.25) is 0 Å². The van der Waals surface area contributed by atoms with Gasteiger partial charge in [-0.05, 0) is 44.4 Å². The number of hydrogen-bond donors (Lipinski definition) is 1. The molecule has 1 heterocycles. The first kappa shape index (κ1) is 16.1. The van der Waals surface area contributed by atoms with E-state index in [9.17, 15) is 13.2 Å². The van der Waals surface area contributed by atoms with Crippen LogP contribution in [0.1, 0.15) is 38.2 Å². The normalized spacial score (nSPS) is 19.8. The van der Waals surface area contributed by atoms with Crippen molar-refractivity contribution < 1.29 is 13.2 Å². The van der Waals surface area contributed by atoms with E-state index in [1.165, 1.54) is 12.1 Å². The molecule has 0 amide bonds. The molecule has 1 aromatic rings. The third kappa shape index (κ3) is 4.13. The Morgan fingerprint density at radius 2 is 2.00 bits per heavy atom. The smallest absolute Gasteiger partial charge is 0.367 e. The molecular formula is C16H23F3N2. The summed E-state index contributed by atoms with van der Waals surface area (Å²) < 4.78 is 39.6. The predicted molar refractivity (Wildman–Crippen MR) is 79.6 cm³/mol. The quantitative estimate of drug-likeness (QED) is 0.825. The summed E-state index contributed by atoms with van der Waals surface area (Å²) in [7, 11) is 0. The molecular weight excluding hydrogens is 277 g/mol. The number of nitrogens with zero attached hydrogens (tertiary/aromatic N) is 1. The highest BCUT2D eigenvalue weighted by Crippen LogP contribution is 2.38. The lowest BCUT2D eigenvalue weighted by Gasteiger charge is -2.39. The molecule has 1 saturated heterocycles. The fourth-order valence-electron chi connectivity index (χ4n) is 2.94. The first-order valence-corrected chi connectivity index (χ1v) is 7.67. The fourth-order valence-corrected chi connectivity index (χ4v) is 2.94.